The Hall–Kier alpha value is -4.94. The van der Waals surface area contributed by atoms with Crippen LogP contribution in [0.2, 0.25) is 0 Å². The van der Waals surface area contributed by atoms with Crippen LogP contribution in [0.4, 0.5) is 15.4 Å². The predicted molar refractivity (Wildman–Crippen MR) is 136 cm³/mol. The molecular weight excluding hydrogens is 494 g/mol. The number of unbranched alkanes of at least 4 members (excludes halogenated alkanes) is 1. The van der Waals surface area contributed by atoms with Gasteiger partial charge >= 0.3 is 12.2 Å². The van der Waals surface area contributed by atoms with Crippen molar-refractivity contribution in [2.45, 2.75) is 38.5 Å². The standard InChI is InChI=1S/C25H29N7O6/c26-21(33)20-22(31-32-30-20)29-23(34)19(28-25(36)38-16-18-11-5-2-6-12-18)13-7-8-14-27-24(35)37-15-17-9-3-1-4-10-17/h1-6,9-12,19H,7-8,13-16H2,(H2,26,33)(H,27,35)(H,28,36)(H2,29,30,31,32,34). The molecule has 13 nitrogen and oxygen atoms in total. The number of benzene rings is 2. The van der Waals surface area contributed by atoms with Crippen LogP contribution in [0.1, 0.15) is 40.9 Å². The first-order valence-electron chi connectivity index (χ1n) is 11.9. The maximum absolute atomic E-state index is 12.9. The third-order valence-corrected chi connectivity index (χ3v) is 5.25. The Morgan fingerprint density at radius 2 is 1.45 bits per heavy atom. The molecule has 0 radical (unpaired) electrons. The number of H-pyrrole nitrogens is 1. The summed E-state index contributed by atoms with van der Waals surface area (Å²) in [5, 5.41) is 17.1. The van der Waals surface area contributed by atoms with Crippen molar-refractivity contribution in [3.05, 3.63) is 77.5 Å². The van der Waals surface area contributed by atoms with Gasteiger partial charge < -0.3 is 31.2 Å². The summed E-state index contributed by atoms with van der Waals surface area (Å²) >= 11 is 0. The van der Waals surface area contributed by atoms with E-state index in [1.165, 1.54) is 0 Å². The molecule has 0 bridgehead atoms. The normalized spacial score (nSPS) is 11.2. The molecule has 0 aliphatic rings. The number of carbonyl (C=O) groups excluding carboxylic acids is 4. The number of ether oxygens (including phenoxy) is 2. The van der Waals surface area contributed by atoms with Crippen molar-refractivity contribution in [3.8, 4) is 0 Å². The number of hydrogen-bond donors (Lipinski definition) is 5. The first kappa shape index (κ1) is 27.6. The zero-order valence-electron chi connectivity index (χ0n) is 20.5. The summed E-state index contributed by atoms with van der Waals surface area (Å²) in [6, 6.07) is 17.3. The lowest BCUT2D eigenvalue weighted by Crippen LogP contribution is -2.44. The number of nitrogens with zero attached hydrogens (tertiary/aromatic N) is 2. The third kappa shape index (κ3) is 9.26. The van der Waals surface area contributed by atoms with Crippen LogP contribution >= 0.6 is 0 Å². The van der Waals surface area contributed by atoms with Crippen LogP contribution in [0.25, 0.3) is 0 Å². The number of aromatic nitrogens is 3. The fourth-order valence-electron chi connectivity index (χ4n) is 3.31. The lowest BCUT2D eigenvalue weighted by Gasteiger charge is -2.18. The lowest BCUT2D eigenvalue weighted by molar-refractivity contribution is -0.118. The summed E-state index contributed by atoms with van der Waals surface area (Å²) in [6.07, 6.45) is -0.196. The number of hydrogen-bond acceptors (Lipinski definition) is 8. The molecule has 200 valence electrons. The number of primary amides is 1. The van der Waals surface area contributed by atoms with Gasteiger partial charge in [-0.15, -0.1) is 10.2 Å². The van der Waals surface area contributed by atoms with Crippen LogP contribution < -0.4 is 21.7 Å². The molecule has 3 aromatic rings. The second-order valence-electron chi connectivity index (χ2n) is 8.12. The Kier molecular flexibility index (Phi) is 10.6. The van der Waals surface area contributed by atoms with Gasteiger partial charge in [0.05, 0.1) is 0 Å². The molecule has 0 saturated heterocycles. The van der Waals surface area contributed by atoms with Gasteiger partial charge in [0, 0.05) is 6.54 Å². The van der Waals surface area contributed by atoms with Gasteiger partial charge in [-0.2, -0.15) is 5.21 Å². The molecule has 0 fully saturated rings. The molecule has 2 aromatic carbocycles. The highest BCUT2D eigenvalue weighted by Gasteiger charge is 2.24. The second kappa shape index (κ2) is 14.6. The summed E-state index contributed by atoms with van der Waals surface area (Å²) in [7, 11) is 0. The zero-order valence-corrected chi connectivity index (χ0v) is 20.5. The summed E-state index contributed by atoms with van der Waals surface area (Å²) < 4.78 is 10.4. The molecule has 0 aliphatic heterocycles. The minimum absolute atomic E-state index is 0.0190. The van der Waals surface area contributed by atoms with E-state index in [4.69, 9.17) is 15.2 Å². The Morgan fingerprint density at radius 1 is 0.842 bits per heavy atom. The minimum Gasteiger partial charge on any atom is -0.445 e. The highest BCUT2D eigenvalue weighted by molar-refractivity contribution is 6.02. The van der Waals surface area contributed by atoms with Gasteiger partial charge in [0.25, 0.3) is 5.91 Å². The van der Waals surface area contributed by atoms with Crippen molar-refractivity contribution < 1.29 is 28.7 Å². The molecule has 0 spiro atoms. The van der Waals surface area contributed by atoms with Gasteiger partial charge in [0.15, 0.2) is 11.5 Å². The van der Waals surface area contributed by atoms with Gasteiger partial charge in [-0.25, -0.2) is 9.59 Å². The van der Waals surface area contributed by atoms with Crippen molar-refractivity contribution >= 4 is 29.8 Å². The molecular formula is C25H29N7O6. The van der Waals surface area contributed by atoms with Crippen LogP contribution in [-0.4, -0.2) is 52.0 Å². The highest BCUT2D eigenvalue weighted by atomic mass is 16.6. The van der Waals surface area contributed by atoms with Crippen molar-refractivity contribution in [2.75, 3.05) is 11.9 Å². The molecule has 38 heavy (non-hydrogen) atoms. The van der Waals surface area contributed by atoms with Crippen molar-refractivity contribution in [2.24, 2.45) is 5.73 Å². The van der Waals surface area contributed by atoms with E-state index >= 15 is 0 Å². The van der Waals surface area contributed by atoms with E-state index in [0.717, 1.165) is 11.1 Å². The number of amides is 4. The molecule has 3 rings (SSSR count). The van der Waals surface area contributed by atoms with E-state index < -0.39 is 30.0 Å². The summed E-state index contributed by atoms with van der Waals surface area (Å²) in [5.41, 5.74) is 6.63. The van der Waals surface area contributed by atoms with Crippen molar-refractivity contribution in [3.63, 3.8) is 0 Å². The maximum Gasteiger partial charge on any atom is 0.408 e. The molecule has 1 heterocycles. The third-order valence-electron chi connectivity index (χ3n) is 5.25. The summed E-state index contributed by atoms with van der Waals surface area (Å²) in [5.74, 6) is -1.69. The van der Waals surface area contributed by atoms with E-state index in [-0.39, 0.29) is 31.1 Å². The molecule has 6 N–H and O–H groups in total. The molecule has 0 aliphatic carbocycles. The number of nitrogens with two attached hydrogens (primary N) is 1. The predicted octanol–water partition coefficient (Wildman–Crippen LogP) is 2.23. The molecule has 1 atom stereocenters. The quantitative estimate of drug-likeness (QED) is 0.211. The number of nitrogens with one attached hydrogen (secondary N) is 4. The summed E-state index contributed by atoms with van der Waals surface area (Å²) in [4.78, 5) is 48.6. The molecule has 1 unspecified atom stereocenters. The molecule has 4 amide bonds. The molecule has 0 saturated carbocycles. The fourth-order valence-corrected chi connectivity index (χ4v) is 3.31. The first-order valence-corrected chi connectivity index (χ1v) is 11.9. The lowest BCUT2D eigenvalue weighted by atomic mass is 10.1. The van der Waals surface area contributed by atoms with Crippen LogP contribution in [0, 0.1) is 0 Å². The largest absolute Gasteiger partial charge is 0.445 e. The second-order valence-corrected chi connectivity index (χ2v) is 8.12. The number of alkyl carbamates (subject to hydrolysis) is 2. The molecule has 13 heteroatoms. The molecule has 1 aromatic heterocycles. The Morgan fingerprint density at radius 3 is 2.05 bits per heavy atom. The SMILES string of the molecule is NC(=O)c1n[nH]nc1NC(=O)C(CCCCNC(=O)OCc1ccccc1)NC(=O)OCc1ccccc1. The van der Waals surface area contributed by atoms with Gasteiger partial charge in [-0.05, 0) is 30.4 Å². The van der Waals surface area contributed by atoms with E-state index in [9.17, 15) is 19.2 Å². The summed E-state index contributed by atoms with van der Waals surface area (Å²) in [6.45, 7) is 0.472. The topological polar surface area (TPSA) is 190 Å². The maximum atomic E-state index is 12.9. The van der Waals surface area contributed by atoms with Crippen LogP contribution in [0.3, 0.4) is 0 Å². The monoisotopic (exact) mass is 523 g/mol. The average Bonchev–Trinajstić information content (AvgIpc) is 3.39. The zero-order chi connectivity index (χ0) is 27.2. The smallest absolute Gasteiger partial charge is 0.408 e. The van der Waals surface area contributed by atoms with Gasteiger partial charge in [0.1, 0.15) is 19.3 Å². The van der Waals surface area contributed by atoms with Gasteiger partial charge in [-0.1, -0.05) is 60.7 Å². The van der Waals surface area contributed by atoms with Crippen LogP contribution in [0.5, 0.6) is 0 Å². The average molecular weight is 524 g/mol. The van der Waals surface area contributed by atoms with E-state index in [2.05, 4.69) is 31.4 Å². The fraction of sp³-hybridized carbons (Fsp3) is 0.280. The number of rotatable bonds is 13. The Balaban J connectivity index is 1.48. The Bertz CT molecular complexity index is 1200. The van der Waals surface area contributed by atoms with Crippen molar-refractivity contribution in [1.82, 2.24) is 26.0 Å². The van der Waals surface area contributed by atoms with Crippen LogP contribution in [-0.2, 0) is 27.5 Å². The first-order chi connectivity index (χ1) is 18.4. The van der Waals surface area contributed by atoms with E-state index in [1.807, 2.05) is 48.5 Å². The number of aromatic amines is 1. The Labute approximate surface area is 218 Å². The van der Waals surface area contributed by atoms with Gasteiger partial charge in [0.2, 0.25) is 5.91 Å². The minimum atomic E-state index is -1.03. The number of anilines is 1. The van der Waals surface area contributed by atoms with E-state index in [1.54, 1.807) is 12.1 Å². The highest BCUT2D eigenvalue weighted by Crippen LogP contribution is 2.10. The van der Waals surface area contributed by atoms with Crippen molar-refractivity contribution in [1.29, 1.82) is 0 Å². The van der Waals surface area contributed by atoms with E-state index in [0.29, 0.717) is 19.4 Å². The van der Waals surface area contributed by atoms with Gasteiger partial charge in [-0.3, -0.25) is 9.59 Å². The number of carbonyl (C=O) groups is 4. The van der Waals surface area contributed by atoms with Crippen LogP contribution in [0.15, 0.2) is 60.7 Å².